The number of aromatic nitrogens is 1. The second-order valence-corrected chi connectivity index (χ2v) is 10.00. The fourth-order valence-electron chi connectivity index (χ4n) is 3.09. The third kappa shape index (κ3) is 5.43. The summed E-state index contributed by atoms with van der Waals surface area (Å²) in [4.78, 5) is 18.7. The summed E-state index contributed by atoms with van der Waals surface area (Å²) in [6.45, 7) is 2.68. The third-order valence-corrected chi connectivity index (χ3v) is 7.29. The first-order chi connectivity index (χ1) is 12.9. The molecular formula is C18H21ClN2O4S2. The summed E-state index contributed by atoms with van der Waals surface area (Å²) in [7, 11) is -3.02. The lowest BCUT2D eigenvalue weighted by molar-refractivity contribution is -0.132. The molecule has 0 saturated carbocycles. The van der Waals surface area contributed by atoms with Crippen LogP contribution in [0.2, 0.25) is 5.02 Å². The number of nitrogens with zero attached hydrogens (tertiary/aromatic N) is 2. The Morgan fingerprint density at radius 2 is 2.11 bits per heavy atom. The molecular weight excluding hydrogens is 408 g/mol. The van der Waals surface area contributed by atoms with Crippen molar-refractivity contribution in [3.05, 3.63) is 45.4 Å². The van der Waals surface area contributed by atoms with Crippen LogP contribution in [0.4, 0.5) is 0 Å². The molecule has 1 aliphatic heterocycles. The molecule has 1 aromatic heterocycles. The summed E-state index contributed by atoms with van der Waals surface area (Å²) in [5.41, 5.74) is 0.680. The highest BCUT2D eigenvalue weighted by Crippen LogP contribution is 2.21. The number of benzene rings is 1. The summed E-state index contributed by atoms with van der Waals surface area (Å²) < 4.78 is 29.0. The van der Waals surface area contributed by atoms with Crippen LogP contribution in [0.5, 0.6) is 5.75 Å². The van der Waals surface area contributed by atoms with Crippen molar-refractivity contribution in [2.75, 3.05) is 18.1 Å². The monoisotopic (exact) mass is 428 g/mol. The van der Waals surface area contributed by atoms with Crippen molar-refractivity contribution < 1.29 is 17.9 Å². The third-order valence-electron chi connectivity index (χ3n) is 4.42. The minimum absolute atomic E-state index is 0.0594. The Labute approximate surface area is 168 Å². The Morgan fingerprint density at radius 3 is 2.74 bits per heavy atom. The van der Waals surface area contributed by atoms with Gasteiger partial charge < -0.3 is 9.64 Å². The molecule has 1 atom stereocenters. The normalized spacial score (nSPS) is 18.4. The molecule has 1 unspecified atom stereocenters. The lowest BCUT2D eigenvalue weighted by atomic mass is 10.2. The number of rotatable bonds is 7. The maximum atomic E-state index is 12.6. The summed E-state index contributed by atoms with van der Waals surface area (Å²) in [6.07, 6.45) is 0.682. The van der Waals surface area contributed by atoms with E-state index in [0.29, 0.717) is 36.0 Å². The van der Waals surface area contributed by atoms with E-state index < -0.39 is 9.84 Å². The van der Waals surface area contributed by atoms with Crippen LogP contribution in [-0.4, -0.2) is 48.3 Å². The molecule has 3 rings (SSSR count). The van der Waals surface area contributed by atoms with Crippen molar-refractivity contribution in [2.24, 2.45) is 0 Å². The van der Waals surface area contributed by atoms with Crippen LogP contribution in [-0.2, 0) is 27.7 Å². The van der Waals surface area contributed by atoms with Crippen LogP contribution < -0.4 is 4.74 Å². The number of sulfone groups is 1. The molecule has 1 aromatic carbocycles. The molecule has 1 fully saturated rings. The van der Waals surface area contributed by atoms with Gasteiger partial charge in [0, 0.05) is 23.0 Å². The average Bonchev–Trinajstić information content (AvgIpc) is 3.21. The van der Waals surface area contributed by atoms with Gasteiger partial charge in [-0.3, -0.25) is 4.79 Å². The van der Waals surface area contributed by atoms with E-state index in [0.717, 1.165) is 5.01 Å². The lowest BCUT2D eigenvalue weighted by Gasteiger charge is -2.26. The SMILES string of the molecule is CCN(C(=O)Cc1csc(COc2ccc(Cl)cc2)n1)C1CCS(=O)(=O)C1. The predicted octanol–water partition coefficient (Wildman–Crippen LogP) is 2.95. The van der Waals surface area contributed by atoms with E-state index in [1.54, 1.807) is 29.2 Å². The number of hydrogen-bond donors (Lipinski definition) is 0. The Morgan fingerprint density at radius 1 is 1.37 bits per heavy atom. The number of halogens is 1. The summed E-state index contributed by atoms with van der Waals surface area (Å²) >= 11 is 7.28. The molecule has 2 aromatic rings. The molecule has 27 heavy (non-hydrogen) atoms. The molecule has 0 N–H and O–H groups in total. The summed E-state index contributed by atoms with van der Waals surface area (Å²) in [5.74, 6) is 0.829. The Hall–Kier alpha value is -1.64. The fourth-order valence-corrected chi connectivity index (χ4v) is 5.65. The molecule has 1 saturated heterocycles. The van der Waals surface area contributed by atoms with E-state index in [4.69, 9.17) is 16.3 Å². The summed E-state index contributed by atoms with van der Waals surface area (Å²) in [5, 5.41) is 3.27. The van der Waals surface area contributed by atoms with Crippen molar-refractivity contribution >= 4 is 38.7 Å². The van der Waals surface area contributed by atoms with Crippen LogP contribution in [0.3, 0.4) is 0 Å². The Kier molecular flexibility index (Phi) is 6.39. The van der Waals surface area contributed by atoms with E-state index in [9.17, 15) is 13.2 Å². The maximum Gasteiger partial charge on any atom is 0.228 e. The van der Waals surface area contributed by atoms with E-state index in [-0.39, 0.29) is 29.9 Å². The highest BCUT2D eigenvalue weighted by atomic mass is 35.5. The zero-order valence-electron chi connectivity index (χ0n) is 14.9. The highest BCUT2D eigenvalue weighted by molar-refractivity contribution is 7.91. The number of amides is 1. The standard InChI is InChI=1S/C18H21ClN2O4S2/c1-2-21(15-7-8-27(23,24)12-15)18(22)9-14-11-26-17(20-14)10-25-16-5-3-13(19)4-6-16/h3-6,11,15H,2,7-10,12H2,1H3. The second kappa shape index (κ2) is 8.58. The first-order valence-electron chi connectivity index (χ1n) is 8.68. The summed E-state index contributed by atoms with van der Waals surface area (Å²) in [6, 6.07) is 6.86. The van der Waals surface area contributed by atoms with Gasteiger partial charge in [0.15, 0.2) is 9.84 Å². The van der Waals surface area contributed by atoms with Crippen molar-refractivity contribution in [1.82, 2.24) is 9.88 Å². The molecule has 0 spiro atoms. The quantitative estimate of drug-likeness (QED) is 0.677. The van der Waals surface area contributed by atoms with E-state index in [1.807, 2.05) is 12.3 Å². The van der Waals surface area contributed by atoms with Gasteiger partial charge >= 0.3 is 0 Å². The van der Waals surface area contributed by atoms with Gasteiger partial charge in [0.1, 0.15) is 17.4 Å². The van der Waals surface area contributed by atoms with E-state index >= 15 is 0 Å². The van der Waals surface area contributed by atoms with Gasteiger partial charge in [-0.25, -0.2) is 13.4 Å². The van der Waals surface area contributed by atoms with Crippen molar-refractivity contribution in [3.8, 4) is 5.75 Å². The fraction of sp³-hybridized carbons (Fsp3) is 0.444. The van der Waals surface area contributed by atoms with Crippen LogP contribution in [0.25, 0.3) is 0 Å². The largest absolute Gasteiger partial charge is 0.486 e. The number of thiazole rings is 1. The Balaban J connectivity index is 1.56. The minimum atomic E-state index is -3.02. The molecule has 0 radical (unpaired) electrons. The molecule has 9 heteroatoms. The zero-order chi connectivity index (χ0) is 19.4. The van der Waals surface area contributed by atoms with Gasteiger partial charge in [0.05, 0.1) is 23.6 Å². The van der Waals surface area contributed by atoms with Crippen molar-refractivity contribution in [1.29, 1.82) is 0 Å². The molecule has 0 bridgehead atoms. The smallest absolute Gasteiger partial charge is 0.228 e. The molecule has 146 valence electrons. The first kappa shape index (κ1) is 20.1. The number of carbonyl (C=O) groups excluding carboxylic acids is 1. The predicted molar refractivity (Wildman–Crippen MR) is 106 cm³/mol. The van der Waals surface area contributed by atoms with Gasteiger partial charge in [-0.15, -0.1) is 11.3 Å². The van der Waals surface area contributed by atoms with Gasteiger partial charge in [-0.1, -0.05) is 11.6 Å². The Bertz CT molecular complexity index is 896. The van der Waals surface area contributed by atoms with Crippen LogP contribution in [0, 0.1) is 0 Å². The molecule has 1 aliphatic rings. The first-order valence-corrected chi connectivity index (χ1v) is 11.8. The zero-order valence-corrected chi connectivity index (χ0v) is 17.3. The number of hydrogen-bond acceptors (Lipinski definition) is 6. The average molecular weight is 429 g/mol. The van der Waals surface area contributed by atoms with E-state index in [2.05, 4.69) is 4.98 Å². The van der Waals surface area contributed by atoms with E-state index in [1.165, 1.54) is 11.3 Å². The van der Waals surface area contributed by atoms with Crippen LogP contribution in [0.15, 0.2) is 29.6 Å². The molecule has 2 heterocycles. The van der Waals surface area contributed by atoms with Gasteiger partial charge in [-0.2, -0.15) is 0 Å². The molecule has 0 aliphatic carbocycles. The second-order valence-electron chi connectivity index (χ2n) is 6.39. The highest BCUT2D eigenvalue weighted by Gasteiger charge is 2.33. The lowest BCUT2D eigenvalue weighted by Crippen LogP contribution is -2.41. The molecule has 6 nitrogen and oxygen atoms in total. The van der Waals surface area contributed by atoms with Gasteiger partial charge in [0.2, 0.25) is 5.91 Å². The molecule has 1 amide bonds. The minimum Gasteiger partial charge on any atom is -0.486 e. The van der Waals surface area contributed by atoms with Crippen LogP contribution >= 0.6 is 22.9 Å². The number of ether oxygens (including phenoxy) is 1. The maximum absolute atomic E-state index is 12.6. The van der Waals surface area contributed by atoms with Crippen molar-refractivity contribution in [3.63, 3.8) is 0 Å². The van der Waals surface area contributed by atoms with Crippen molar-refractivity contribution in [2.45, 2.75) is 32.4 Å². The number of likely N-dealkylation sites (N-methyl/N-ethyl adjacent to an activating group) is 1. The number of carbonyl (C=O) groups is 1. The van der Waals surface area contributed by atoms with Crippen LogP contribution in [0.1, 0.15) is 24.0 Å². The van der Waals surface area contributed by atoms with Gasteiger partial charge in [-0.05, 0) is 37.6 Å². The van der Waals surface area contributed by atoms with Gasteiger partial charge in [0.25, 0.3) is 0 Å². The topological polar surface area (TPSA) is 76.6 Å².